The molecule has 3 heteroatoms. The highest BCUT2D eigenvalue weighted by molar-refractivity contribution is 9.10. The summed E-state index contributed by atoms with van der Waals surface area (Å²) < 4.78 is 6.77. The lowest BCUT2D eigenvalue weighted by atomic mass is 9.86. The van der Waals surface area contributed by atoms with Crippen molar-refractivity contribution in [3.8, 4) is 5.75 Å². The molecular weight excluding hydrogens is 326 g/mol. The van der Waals surface area contributed by atoms with Crippen LogP contribution in [-0.2, 0) is 6.42 Å². The highest BCUT2D eigenvalue weighted by Crippen LogP contribution is 2.29. The van der Waals surface area contributed by atoms with E-state index in [0.29, 0.717) is 5.41 Å². The van der Waals surface area contributed by atoms with Gasteiger partial charge in [0.1, 0.15) is 5.75 Å². The van der Waals surface area contributed by atoms with Crippen molar-refractivity contribution < 1.29 is 4.74 Å². The van der Waals surface area contributed by atoms with Crippen molar-refractivity contribution in [1.82, 2.24) is 5.32 Å². The Morgan fingerprint density at radius 2 is 2.10 bits per heavy atom. The van der Waals surface area contributed by atoms with Gasteiger partial charge in [0.2, 0.25) is 0 Å². The van der Waals surface area contributed by atoms with Gasteiger partial charge in [0.05, 0.1) is 11.1 Å². The summed E-state index contributed by atoms with van der Waals surface area (Å²) in [5.41, 5.74) is 1.73. The Balaban J connectivity index is 1.82. The molecule has 0 aliphatic heterocycles. The molecule has 1 aliphatic rings. The summed E-state index contributed by atoms with van der Waals surface area (Å²) in [4.78, 5) is 0. The molecule has 21 heavy (non-hydrogen) atoms. The van der Waals surface area contributed by atoms with E-state index in [-0.39, 0.29) is 0 Å². The maximum Gasteiger partial charge on any atom is 0.133 e. The van der Waals surface area contributed by atoms with Crippen molar-refractivity contribution in [2.75, 3.05) is 13.2 Å². The number of ether oxygens (including phenoxy) is 1. The second kappa shape index (κ2) is 7.64. The van der Waals surface area contributed by atoms with E-state index in [4.69, 9.17) is 4.74 Å². The van der Waals surface area contributed by atoms with Crippen LogP contribution < -0.4 is 10.1 Å². The molecule has 0 saturated heterocycles. The molecule has 2 rings (SSSR count). The molecule has 0 radical (unpaired) electrons. The minimum atomic E-state index is 0.354. The third-order valence-corrected chi connectivity index (χ3v) is 4.61. The van der Waals surface area contributed by atoms with Gasteiger partial charge in [-0.2, -0.15) is 0 Å². The zero-order valence-corrected chi connectivity index (χ0v) is 15.1. The zero-order valence-electron chi connectivity index (χ0n) is 13.5. The van der Waals surface area contributed by atoms with Crippen molar-refractivity contribution in [1.29, 1.82) is 0 Å². The molecule has 0 atom stereocenters. The lowest BCUT2D eigenvalue weighted by Crippen LogP contribution is -2.31. The fraction of sp³-hybridized carbons (Fsp3) is 0.667. The number of benzene rings is 1. The molecule has 0 heterocycles. The summed E-state index contributed by atoms with van der Waals surface area (Å²) in [6.07, 6.45) is 6.08. The predicted molar refractivity (Wildman–Crippen MR) is 93.1 cm³/mol. The summed E-state index contributed by atoms with van der Waals surface area (Å²) in [5.74, 6) is 0.954. The van der Waals surface area contributed by atoms with Crippen LogP contribution in [0.1, 0.15) is 52.0 Å². The van der Waals surface area contributed by atoms with Gasteiger partial charge in [0, 0.05) is 12.6 Å². The van der Waals surface area contributed by atoms with Gasteiger partial charge in [-0.25, -0.2) is 0 Å². The summed E-state index contributed by atoms with van der Waals surface area (Å²) in [7, 11) is 0. The van der Waals surface area contributed by atoms with Crippen LogP contribution in [0.5, 0.6) is 5.75 Å². The normalized spacial score (nSPS) is 15.2. The molecule has 0 spiro atoms. The van der Waals surface area contributed by atoms with Crippen molar-refractivity contribution in [3.63, 3.8) is 0 Å². The Hall–Kier alpha value is -0.540. The average Bonchev–Trinajstić information content (AvgIpc) is 3.26. The van der Waals surface area contributed by atoms with Gasteiger partial charge in [0.25, 0.3) is 0 Å². The topological polar surface area (TPSA) is 21.3 Å². The highest BCUT2D eigenvalue weighted by atomic mass is 79.9. The van der Waals surface area contributed by atoms with Crippen molar-refractivity contribution in [3.05, 3.63) is 28.2 Å². The first-order valence-electron chi connectivity index (χ1n) is 8.15. The molecule has 1 aliphatic carbocycles. The van der Waals surface area contributed by atoms with Gasteiger partial charge in [-0.05, 0) is 71.1 Å². The van der Waals surface area contributed by atoms with Crippen LogP contribution in [-0.4, -0.2) is 19.2 Å². The Bertz CT molecular complexity index is 455. The zero-order chi connectivity index (χ0) is 15.3. The van der Waals surface area contributed by atoms with E-state index in [2.05, 4.69) is 60.2 Å². The first-order chi connectivity index (χ1) is 10.00. The third-order valence-electron chi connectivity index (χ3n) is 4.00. The number of halogens is 1. The predicted octanol–water partition coefficient (Wildman–Crippen LogP) is 4.95. The molecule has 1 fully saturated rings. The summed E-state index contributed by atoms with van der Waals surface area (Å²) in [5, 5.41) is 3.65. The van der Waals surface area contributed by atoms with E-state index >= 15 is 0 Å². The van der Waals surface area contributed by atoms with Crippen LogP contribution in [0.2, 0.25) is 0 Å². The van der Waals surface area contributed by atoms with E-state index in [1.54, 1.807) is 0 Å². The standard InChI is InChI=1S/C18H28BrNO/c1-4-11-21-17-8-5-14(12-16(17)19)9-10-18(2,3)13-20-15-6-7-15/h5,8,12,15,20H,4,6-7,9-11,13H2,1-3H3. The summed E-state index contributed by atoms with van der Waals surface area (Å²) in [6.45, 7) is 8.74. The van der Waals surface area contributed by atoms with Gasteiger partial charge in [-0.15, -0.1) is 0 Å². The van der Waals surface area contributed by atoms with Crippen LogP contribution in [0, 0.1) is 5.41 Å². The van der Waals surface area contributed by atoms with Crippen molar-refractivity contribution in [2.24, 2.45) is 5.41 Å². The maximum absolute atomic E-state index is 5.70. The molecule has 1 saturated carbocycles. The Kier molecular flexibility index (Phi) is 6.12. The largest absolute Gasteiger partial charge is 0.492 e. The minimum Gasteiger partial charge on any atom is -0.492 e. The monoisotopic (exact) mass is 353 g/mol. The van der Waals surface area contributed by atoms with Gasteiger partial charge in [0.15, 0.2) is 0 Å². The second-order valence-corrected chi connectivity index (χ2v) is 7.79. The smallest absolute Gasteiger partial charge is 0.133 e. The van der Waals surface area contributed by atoms with Crippen LogP contribution in [0.15, 0.2) is 22.7 Å². The minimum absolute atomic E-state index is 0.354. The van der Waals surface area contributed by atoms with Crippen LogP contribution >= 0.6 is 15.9 Å². The molecule has 0 amide bonds. The lowest BCUT2D eigenvalue weighted by molar-refractivity contribution is 0.311. The van der Waals surface area contributed by atoms with E-state index in [9.17, 15) is 0 Å². The van der Waals surface area contributed by atoms with E-state index < -0.39 is 0 Å². The Morgan fingerprint density at radius 1 is 1.33 bits per heavy atom. The number of hydrogen-bond acceptors (Lipinski definition) is 2. The van der Waals surface area contributed by atoms with Crippen molar-refractivity contribution in [2.45, 2.75) is 58.9 Å². The van der Waals surface area contributed by atoms with Crippen LogP contribution in [0.25, 0.3) is 0 Å². The summed E-state index contributed by atoms with van der Waals surface area (Å²) in [6, 6.07) is 7.29. The summed E-state index contributed by atoms with van der Waals surface area (Å²) >= 11 is 3.62. The second-order valence-electron chi connectivity index (χ2n) is 6.93. The van der Waals surface area contributed by atoms with Gasteiger partial charge in [-0.1, -0.05) is 26.8 Å². The molecular formula is C18H28BrNO. The highest BCUT2D eigenvalue weighted by Gasteiger charge is 2.25. The lowest BCUT2D eigenvalue weighted by Gasteiger charge is -2.25. The SMILES string of the molecule is CCCOc1ccc(CCC(C)(C)CNC2CC2)cc1Br. The first-order valence-corrected chi connectivity index (χ1v) is 8.94. The van der Waals surface area contributed by atoms with Gasteiger partial charge >= 0.3 is 0 Å². The molecule has 2 nitrogen and oxygen atoms in total. The molecule has 1 aromatic carbocycles. The molecule has 0 aromatic heterocycles. The van der Waals surface area contributed by atoms with E-state index in [1.165, 1.54) is 24.8 Å². The fourth-order valence-electron chi connectivity index (χ4n) is 2.31. The number of hydrogen-bond donors (Lipinski definition) is 1. The average molecular weight is 354 g/mol. The molecule has 118 valence electrons. The Morgan fingerprint density at radius 3 is 2.71 bits per heavy atom. The first kappa shape index (κ1) is 16.8. The third kappa shape index (κ3) is 5.99. The Labute approximate surface area is 137 Å². The van der Waals surface area contributed by atoms with E-state index in [0.717, 1.165) is 42.3 Å². The van der Waals surface area contributed by atoms with Crippen LogP contribution in [0.4, 0.5) is 0 Å². The van der Waals surface area contributed by atoms with Crippen LogP contribution in [0.3, 0.4) is 0 Å². The molecule has 1 N–H and O–H groups in total. The van der Waals surface area contributed by atoms with Gasteiger partial charge in [-0.3, -0.25) is 0 Å². The number of rotatable bonds is 9. The fourth-order valence-corrected chi connectivity index (χ4v) is 2.85. The van der Waals surface area contributed by atoms with Crippen molar-refractivity contribution >= 4 is 15.9 Å². The number of aryl methyl sites for hydroxylation is 1. The maximum atomic E-state index is 5.70. The molecule has 0 bridgehead atoms. The van der Waals surface area contributed by atoms with Gasteiger partial charge < -0.3 is 10.1 Å². The molecule has 1 aromatic rings. The molecule has 0 unspecified atom stereocenters. The quantitative estimate of drug-likeness (QED) is 0.678. The number of nitrogens with one attached hydrogen (secondary N) is 1. The van der Waals surface area contributed by atoms with E-state index in [1.807, 2.05) is 0 Å².